The first-order valence-electron chi connectivity index (χ1n) is 9.99. The van der Waals surface area contributed by atoms with Gasteiger partial charge in [0.05, 0.1) is 42.6 Å². The van der Waals surface area contributed by atoms with Crippen LogP contribution in [0, 0.1) is 0 Å². The van der Waals surface area contributed by atoms with E-state index in [1.807, 2.05) is 13.8 Å². The summed E-state index contributed by atoms with van der Waals surface area (Å²) in [6.45, 7) is 4.10. The number of carbonyl (C=O) groups excluding carboxylic acids is 2. The molecule has 0 aromatic heterocycles. The minimum absolute atomic E-state index is 0.00868. The number of hydrogen-bond acceptors (Lipinski definition) is 7. The molecule has 10 heteroatoms. The summed E-state index contributed by atoms with van der Waals surface area (Å²) in [4.78, 5) is 25.0. The first-order chi connectivity index (χ1) is 15.1. The maximum absolute atomic E-state index is 13.1. The number of methoxy groups -OCH3 is 2. The van der Waals surface area contributed by atoms with E-state index >= 15 is 0 Å². The van der Waals surface area contributed by atoms with Crippen LogP contribution in [0.15, 0.2) is 47.4 Å². The topological polar surface area (TPSA) is 111 Å². The number of rotatable bonds is 6. The molecule has 9 nitrogen and oxygen atoms in total. The third-order valence-corrected chi connectivity index (χ3v) is 6.83. The van der Waals surface area contributed by atoms with Crippen LogP contribution in [0.3, 0.4) is 0 Å². The van der Waals surface area contributed by atoms with Gasteiger partial charge in [-0.2, -0.15) is 4.31 Å². The van der Waals surface area contributed by atoms with Gasteiger partial charge in [-0.15, -0.1) is 0 Å². The molecule has 1 fully saturated rings. The molecule has 0 bridgehead atoms. The molecule has 3 rings (SSSR count). The van der Waals surface area contributed by atoms with E-state index in [1.54, 1.807) is 6.07 Å². The van der Waals surface area contributed by atoms with E-state index < -0.39 is 21.9 Å². The Morgan fingerprint density at radius 2 is 1.75 bits per heavy atom. The molecule has 0 spiro atoms. The van der Waals surface area contributed by atoms with Crippen molar-refractivity contribution in [1.29, 1.82) is 0 Å². The summed E-state index contributed by atoms with van der Waals surface area (Å²) < 4.78 is 43.1. The third kappa shape index (κ3) is 5.09. The summed E-state index contributed by atoms with van der Waals surface area (Å²) in [5, 5.41) is 2.64. The van der Waals surface area contributed by atoms with Crippen LogP contribution in [0.5, 0.6) is 5.75 Å². The van der Waals surface area contributed by atoms with Crippen LogP contribution in [0.2, 0.25) is 0 Å². The van der Waals surface area contributed by atoms with Crippen LogP contribution >= 0.6 is 0 Å². The second kappa shape index (κ2) is 9.68. The van der Waals surface area contributed by atoms with E-state index in [4.69, 9.17) is 14.2 Å². The molecule has 1 N–H and O–H groups in total. The molecule has 2 atom stereocenters. The fourth-order valence-electron chi connectivity index (χ4n) is 3.51. The number of anilines is 1. The number of amides is 1. The number of esters is 1. The molecule has 1 aliphatic rings. The molecule has 32 heavy (non-hydrogen) atoms. The lowest BCUT2D eigenvalue weighted by Crippen LogP contribution is -2.48. The minimum atomic E-state index is -3.81. The van der Waals surface area contributed by atoms with Gasteiger partial charge >= 0.3 is 5.97 Å². The van der Waals surface area contributed by atoms with E-state index in [0.29, 0.717) is 5.75 Å². The van der Waals surface area contributed by atoms with E-state index in [0.717, 1.165) is 0 Å². The average Bonchev–Trinajstić information content (AvgIpc) is 2.78. The van der Waals surface area contributed by atoms with Crippen molar-refractivity contribution in [2.45, 2.75) is 31.0 Å². The SMILES string of the molecule is COC(=O)c1cc(OC)ccc1NC(=O)c1cccc(S(=O)(=O)N2CC(C)OC(C)C2)c1. The Bertz CT molecular complexity index is 1110. The minimum Gasteiger partial charge on any atom is -0.497 e. The fourth-order valence-corrected chi connectivity index (χ4v) is 5.14. The molecule has 1 saturated heterocycles. The zero-order valence-electron chi connectivity index (χ0n) is 18.3. The molecule has 2 aromatic rings. The number of nitrogens with zero attached hydrogens (tertiary/aromatic N) is 1. The van der Waals surface area contributed by atoms with Crippen LogP contribution in [-0.4, -0.2) is 64.1 Å². The lowest BCUT2D eigenvalue weighted by molar-refractivity contribution is -0.0440. The zero-order valence-corrected chi connectivity index (χ0v) is 19.1. The van der Waals surface area contributed by atoms with Crippen LogP contribution in [0.1, 0.15) is 34.6 Å². The molecule has 1 amide bonds. The first kappa shape index (κ1) is 23.7. The van der Waals surface area contributed by atoms with Gasteiger partial charge in [0.25, 0.3) is 5.91 Å². The molecule has 0 radical (unpaired) electrons. The van der Waals surface area contributed by atoms with Crippen molar-refractivity contribution < 1.29 is 32.2 Å². The van der Waals surface area contributed by atoms with Gasteiger partial charge in [-0.1, -0.05) is 6.07 Å². The molecule has 2 unspecified atom stereocenters. The van der Waals surface area contributed by atoms with Gasteiger partial charge in [-0.3, -0.25) is 4.79 Å². The summed E-state index contributed by atoms with van der Waals surface area (Å²) in [5.41, 5.74) is 0.457. The highest BCUT2D eigenvalue weighted by molar-refractivity contribution is 7.89. The van der Waals surface area contributed by atoms with Crippen LogP contribution in [0.4, 0.5) is 5.69 Å². The quantitative estimate of drug-likeness (QED) is 0.657. The van der Waals surface area contributed by atoms with Crippen LogP contribution in [-0.2, 0) is 19.5 Å². The number of benzene rings is 2. The van der Waals surface area contributed by atoms with Crippen LogP contribution in [0.25, 0.3) is 0 Å². The molecule has 172 valence electrons. The Balaban J connectivity index is 1.87. The molecule has 2 aromatic carbocycles. The zero-order chi connectivity index (χ0) is 23.5. The highest BCUT2D eigenvalue weighted by Gasteiger charge is 2.32. The summed E-state index contributed by atoms with van der Waals surface area (Å²) >= 11 is 0. The number of sulfonamides is 1. The Morgan fingerprint density at radius 1 is 1.06 bits per heavy atom. The second-order valence-corrected chi connectivity index (χ2v) is 9.40. The Labute approximate surface area is 187 Å². The second-order valence-electron chi connectivity index (χ2n) is 7.46. The molecular weight excluding hydrogens is 436 g/mol. The summed E-state index contributed by atoms with van der Waals surface area (Å²) in [7, 11) is -1.12. The fraction of sp³-hybridized carbons (Fsp3) is 0.364. The Morgan fingerprint density at radius 3 is 2.38 bits per heavy atom. The van der Waals surface area contributed by atoms with E-state index in [9.17, 15) is 18.0 Å². The average molecular weight is 463 g/mol. The highest BCUT2D eigenvalue weighted by Crippen LogP contribution is 2.25. The van der Waals surface area contributed by atoms with Crippen molar-refractivity contribution in [2.75, 3.05) is 32.6 Å². The van der Waals surface area contributed by atoms with Gasteiger partial charge in [0.1, 0.15) is 5.75 Å². The van der Waals surface area contributed by atoms with Crippen molar-refractivity contribution >= 4 is 27.6 Å². The van der Waals surface area contributed by atoms with Gasteiger partial charge < -0.3 is 19.5 Å². The van der Waals surface area contributed by atoms with Gasteiger partial charge in [0.2, 0.25) is 10.0 Å². The lowest BCUT2D eigenvalue weighted by Gasteiger charge is -2.34. The number of morpholine rings is 1. The Kier molecular flexibility index (Phi) is 7.17. The van der Waals surface area contributed by atoms with E-state index in [-0.39, 0.29) is 47.0 Å². The standard InChI is InChI=1S/C22H26N2O7S/c1-14-12-24(13-15(2)31-14)32(27,28)18-7-5-6-16(10-18)21(25)23-20-9-8-17(29-3)11-19(20)22(26)30-4/h5-11,14-15H,12-13H2,1-4H3,(H,23,25). The normalized spacial score (nSPS) is 19.2. The third-order valence-electron chi connectivity index (χ3n) is 5.00. The predicted molar refractivity (Wildman–Crippen MR) is 117 cm³/mol. The lowest BCUT2D eigenvalue weighted by atomic mass is 10.1. The largest absolute Gasteiger partial charge is 0.497 e. The number of carbonyl (C=O) groups is 2. The Hall–Kier alpha value is -2.95. The van der Waals surface area contributed by atoms with Crippen LogP contribution < -0.4 is 10.1 Å². The molecular formula is C22H26N2O7S. The van der Waals surface area contributed by atoms with Crippen molar-refractivity contribution in [2.24, 2.45) is 0 Å². The van der Waals surface area contributed by atoms with Crippen molar-refractivity contribution in [1.82, 2.24) is 4.31 Å². The molecule has 1 heterocycles. The number of nitrogens with one attached hydrogen (secondary N) is 1. The highest BCUT2D eigenvalue weighted by atomic mass is 32.2. The smallest absolute Gasteiger partial charge is 0.340 e. The number of ether oxygens (including phenoxy) is 3. The van der Waals surface area contributed by atoms with Crippen molar-refractivity contribution in [3.05, 3.63) is 53.6 Å². The molecule has 0 aliphatic carbocycles. The maximum Gasteiger partial charge on any atom is 0.340 e. The maximum atomic E-state index is 13.1. The monoisotopic (exact) mass is 462 g/mol. The summed E-state index contributed by atoms with van der Waals surface area (Å²) in [5.74, 6) is -0.794. The van der Waals surface area contributed by atoms with Gasteiger partial charge in [-0.05, 0) is 50.2 Å². The molecule has 1 aliphatic heterocycles. The predicted octanol–water partition coefficient (Wildman–Crippen LogP) is 2.53. The van der Waals surface area contributed by atoms with Gasteiger partial charge in [0.15, 0.2) is 0 Å². The summed E-state index contributed by atoms with van der Waals surface area (Å²) in [6.07, 6.45) is -0.460. The van der Waals surface area contributed by atoms with Gasteiger partial charge in [-0.25, -0.2) is 13.2 Å². The van der Waals surface area contributed by atoms with Crippen molar-refractivity contribution in [3.8, 4) is 5.75 Å². The summed E-state index contributed by atoms with van der Waals surface area (Å²) in [6, 6.07) is 10.3. The van der Waals surface area contributed by atoms with Gasteiger partial charge in [0, 0.05) is 18.7 Å². The van der Waals surface area contributed by atoms with E-state index in [1.165, 1.54) is 54.9 Å². The first-order valence-corrected chi connectivity index (χ1v) is 11.4. The van der Waals surface area contributed by atoms with E-state index in [2.05, 4.69) is 5.32 Å². The van der Waals surface area contributed by atoms with Crippen molar-refractivity contribution in [3.63, 3.8) is 0 Å². The molecule has 0 saturated carbocycles. The number of hydrogen-bond donors (Lipinski definition) is 1.